The average molecular weight is 517 g/mol. The van der Waals surface area contributed by atoms with Crippen LogP contribution in [0.3, 0.4) is 0 Å². The molecule has 5 rings (SSSR count). The lowest BCUT2D eigenvalue weighted by atomic mass is 9.88. The fourth-order valence-corrected chi connectivity index (χ4v) is 6.19. The minimum absolute atomic E-state index is 0.00713. The minimum atomic E-state index is -0.617. The number of methoxy groups -OCH3 is 1. The van der Waals surface area contributed by atoms with Crippen LogP contribution in [-0.2, 0) is 19.1 Å². The van der Waals surface area contributed by atoms with Crippen molar-refractivity contribution in [3.05, 3.63) is 23.5 Å². The molecule has 202 valence electrons. The van der Waals surface area contributed by atoms with Crippen LogP contribution in [0.25, 0.3) is 0 Å². The van der Waals surface area contributed by atoms with Crippen LogP contribution < -0.4 is 15.4 Å². The number of rotatable bonds is 6. The summed E-state index contributed by atoms with van der Waals surface area (Å²) in [5.74, 6) is -0.398. The number of nitrogens with zero attached hydrogens (tertiary/aromatic N) is 2. The highest BCUT2D eigenvalue weighted by Gasteiger charge is 2.39. The number of hydrogen-bond acceptors (Lipinski definition) is 7. The summed E-state index contributed by atoms with van der Waals surface area (Å²) in [4.78, 5) is 40.6. The van der Waals surface area contributed by atoms with Gasteiger partial charge in [0.25, 0.3) is 0 Å². The molecular formula is C27H37FN4O5. The van der Waals surface area contributed by atoms with Crippen LogP contribution in [0, 0.1) is 5.82 Å². The number of carbonyl (C=O) groups is 3. The third-order valence-corrected chi connectivity index (χ3v) is 8.49. The molecule has 1 aromatic rings. The lowest BCUT2D eigenvalue weighted by molar-refractivity contribution is -0.137. The molecule has 0 bridgehead atoms. The number of halogens is 1. The van der Waals surface area contributed by atoms with Gasteiger partial charge in [-0.25, -0.2) is 4.39 Å². The summed E-state index contributed by atoms with van der Waals surface area (Å²) >= 11 is 0. The van der Waals surface area contributed by atoms with Gasteiger partial charge in [0, 0.05) is 32.2 Å². The molecule has 37 heavy (non-hydrogen) atoms. The molecule has 0 saturated carbocycles. The topological polar surface area (TPSA) is 100 Å². The third kappa shape index (κ3) is 5.75. The summed E-state index contributed by atoms with van der Waals surface area (Å²) in [6.45, 7) is 4.24. The quantitative estimate of drug-likeness (QED) is 0.560. The van der Waals surface area contributed by atoms with E-state index in [0.717, 1.165) is 71.3 Å². The number of imide groups is 1. The van der Waals surface area contributed by atoms with Crippen LogP contribution in [-0.4, -0.2) is 85.6 Å². The largest absolute Gasteiger partial charge is 0.495 e. The van der Waals surface area contributed by atoms with E-state index in [1.165, 1.54) is 13.2 Å². The van der Waals surface area contributed by atoms with Crippen molar-refractivity contribution in [2.24, 2.45) is 0 Å². The van der Waals surface area contributed by atoms with Crippen molar-refractivity contribution in [3.8, 4) is 5.75 Å². The predicted octanol–water partition coefficient (Wildman–Crippen LogP) is 2.40. The summed E-state index contributed by atoms with van der Waals surface area (Å²) in [6, 6.07) is 2.48. The molecule has 4 saturated heterocycles. The van der Waals surface area contributed by atoms with Crippen LogP contribution in [0.15, 0.2) is 12.1 Å². The van der Waals surface area contributed by atoms with Gasteiger partial charge < -0.3 is 19.7 Å². The van der Waals surface area contributed by atoms with E-state index in [4.69, 9.17) is 9.47 Å². The maximum Gasteiger partial charge on any atom is 0.249 e. The van der Waals surface area contributed by atoms with Gasteiger partial charge in [-0.3, -0.25) is 24.6 Å². The summed E-state index contributed by atoms with van der Waals surface area (Å²) in [5, 5.41) is 5.33. The smallest absolute Gasteiger partial charge is 0.249 e. The van der Waals surface area contributed by atoms with Crippen molar-refractivity contribution < 1.29 is 28.2 Å². The first-order valence-electron chi connectivity index (χ1n) is 13.5. The maximum atomic E-state index is 15.2. The Hall–Kier alpha value is -2.72. The van der Waals surface area contributed by atoms with Crippen LogP contribution in [0.5, 0.6) is 5.75 Å². The van der Waals surface area contributed by atoms with Crippen LogP contribution >= 0.6 is 0 Å². The van der Waals surface area contributed by atoms with E-state index < -0.39 is 11.9 Å². The fraction of sp³-hybridized carbons (Fsp3) is 0.667. The molecule has 0 radical (unpaired) electrons. The average Bonchev–Trinajstić information content (AvgIpc) is 3.34. The molecule has 4 aliphatic heterocycles. The zero-order valence-electron chi connectivity index (χ0n) is 21.5. The molecule has 4 aliphatic rings. The van der Waals surface area contributed by atoms with E-state index in [2.05, 4.69) is 15.5 Å². The number of piperidine rings is 3. The molecule has 10 heteroatoms. The molecular weight excluding hydrogens is 479 g/mol. The number of carbonyl (C=O) groups excluding carboxylic acids is 3. The number of hydrogen-bond donors (Lipinski definition) is 2. The molecule has 4 heterocycles. The molecule has 1 spiro atoms. The second-order valence-corrected chi connectivity index (χ2v) is 10.8. The molecule has 2 N–H and O–H groups in total. The Morgan fingerprint density at radius 2 is 1.92 bits per heavy atom. The lowest BCUT2D eigenvalue weighted by Crippen LogP contribution is -2.49. The maximum absolute atomic E-state index is 15.2. The summed E-state index contributed by atoms with van der Waals surface area (Å²) in [7, 11) is 1.52. The minimum Gasteiger partial charge on any atom is -0.495 e. The Kier molecular flexibility index (Phi) is 7.67. The van der Waals surface area contributed by atoms with Gasteiger partial charge in [0.15, 0.2) is 0 Å². The van der Waals surface area contributed by atoms with Crippen LogP contribution in [0.1, 0.15) is 62.8 Å². The molecule has 1 unspecified atom stereocenters. The molecule has 1 aromatic carbocycles. The van der Waals surface area contributed by atoms with Gasteiger partial charge in [0.1, 0.15) is 17.6 Å². The van der Waals surface area contributed by atoms with E-state index in [1.807, 2.05) is 4.90 Å². The highest BCUT2D eigenvalue weighted by Crippen LogP contribution is 2.37. The Labute approximate surface area is 217 Å². The Morgan fingerprint density at radius 3 is 2.57 bits per heavy atom. The summed E-state index contributed by atoms with van der Waals surface area (Å²) in [6.07, 6.45) is 6.17. The van der Waals surface area contributed by atoms with Gasteiger partial charge in [-0.1, -0.05) is 0 Å². The first kappa shape index (κ1) is 25.9. The highest BCUT2D eigenvalue weighted by molar-refractivity contribution is 6.01. The van der Waals surface area contributed by atoms with Crippen molar-refractivity contribution in [1.29, 1.82) is 0 Å². The van der Waals surface area contributed by atoms with E-state index in [-0.39, 0.29) is 35.6 Å². The standard InChI is InChI=1S/C27H37FN4O5/c1-36-23-15-19(20(28)16-22(23)29-21-3-4-24(33)30-26(21)35)18-5-10-31(11-6-18)17-25(34)32-12-8-27(9-13-32)7-2-14-37-27/h15-16,18,21,29H,2-14,17H2,1H3,(H,30,33,35). The lowest BCUT2D eigenvalue weighted by Gasteiger charge is -2.40. The van der Waals surface area contributed by atoms with Crippen molar-refractivity contribution in [1.82, 2.24) is 15.1 Å². The first-order chi connectivity index (χ1) is 17.9. The number of benzene rings is 1. The zero-order valence-corrected chi connectivity index (χ0v) is 21.5. The van der Waals surface area contributed by atoms with Gasteiger partial charge in [-0.2, -0.15) is 0 Å². The molecule has 0 aliphatic carbocycles. The fourth-order valence-electron chi connectivity index (χ4n) is 6.19. The van der Waals surface area contributed by atoms with Gasteiger partial charge in [0.05, 0.1) is 24.9 Å². The molecule has 0 aromatic heterocycles. The van der Waals surface area contributed by atoms with E-state index in [1.54, 1.807) is 6.07 Å². The van der Waals surface area contributed by atoms with Gasteiger partial charge in [-0.15, -0.1) is 0 Å². The SMILES string of the molecule is COc1cc(C2CCN(CC(=O)N3CCC4(CCCO4)CC3)CC2)c(F)cc1NC1CCC(=O)NC1=O. The Balaban J connectivity index is 1.14. The Bertz CT molecular complexity index is 1030. The van der Waals surface area contributed by atoms with Crippen LogP contribution in [0.2, 0.25) is 0 Å². The highest BCUT2D eigenvalue weighted by atomic mass is 19.1. The zero-order chi connectivity index (χ0) is 26.0. The van der Waals surface area contributed by atoms with Gasteiger partial charge in [0.2, 0.25) is 17.7 Å². The van der Waals surface area contributed by atoms with Gasteiger partial charge in [-0.05, 0) is 75.6 Å². The number of anilines is 1. The Morgan fingerprint density at radius 1 is 1.16 bits per heavy atom. The van der Waals surface area contributed by atoms with Crippen LogP contribution in [0.4, 0.5) is 10.1 Å². The van der Waals surface area contributed by atoms with Crippen molar-refractivity contribution in [3.63, 3.8) is 0 Å². The van der Waals surface area contributed by atoms with E-state index in [9.17, 15) is 14.4 Å². The normalized spacial score (nSPS) is 24.8. The van der Waals surface area contributed by atoms with E-state index >= 15 is 4.39 Å². The van der Waals surface area contributed by atoms with Crippen molar-refractivity contribution in [2.45, 2.75) is 68.9 Å². The molecule has 3 amide bonds. The second kappa shape index (κ2) is 10.9. The first-order valence-corrected chi connectivity index (χ1v) is 13.5. The number of nitrogens with one attached hydrogen (secondary N) is 2. The third-order valence-electron chi connectivity index (χ3n) is 8.49. The number of amides is 3. The van der Waals surface area contributed by atoms with Crippen molar-refractivity contribution in [2.75, 3.05) is 51.8 Å². The second-order valence-electron chi connectivity index (χ2n) is 10.8. The summed E-state index contributed by atoms with van der Waals surface area (Å²) < 4.78 is 26.7. The van der Waals surface area contributed by atoms with Crippen molar-refractivity contribution >= 4 is 23.4 Å². The predicted molar refractivity (Wildman–Crippen MR) is 135 cm³/mol. The monoisotopic (exact) mass is 516 g/mol. The molecule has 9 nitrogen and oxygen atoms in total. The van der Waals surface area contributed by atoms with Gasteiger partial charge >= 0.3 is 0 Å². The molecule has 4 fully saturated rings. The molecule has 1 atom stereocenters. The number of likely N-dealkylation sites (tertiary alicyclic amines) is 2. The number of ether oxygens (including phenoxy) is 2. The summed E-state index contributed by atoms with van der Waals surface area (Å²) in [5.41, 5.74) is 0.995. The van der Waals surface area contributed by atoms with E-state index in [0.29, 0.717) is 30.0 Å².